The number of carbonyl (C=O) groups is 3. The first-order chi connectivity index (χ1) is 24.5. The van der Waals surface area contributed by atoms with Crippen molar-refractivity contribution in [1.29, 1.82) is 0 Å². The molecule has 0 spiro atoms. The van der Waals surface area contributed by atoms with Gasteiger partial charge in [0.15, 0.2) is 0 Å². The third-order valence-electron chi connectivity index (χ3n) is 9.81. The molecule has 0 radical (unpaired) electrons. The van der Waals surface area contributed by atoms with Crippen LogP contribution in [0.4, 0.5) is 9.59 Å². The van der Waals surface area contributed by atoms with Crippen LogP contribution in [-0.2, 0) is 14.3 Å². The fourth-order valence-corrected chi connectivity index (χ4v) is 7.25. The summed E-state index contributed by atoms with van der Waals surface area (Å²) >= 11 is 0. The molecule has 0 saturated heterocycles. The highest BCUT2D eigenvalue weighted by atomic mass is 16.6. The minimum Gasteiger partial charge on any atom is -0.449 e. The van der Waals surface area contributed by atoms with Gasteiger partial charge in [-0.1, -0.05) is 123 Å². The average Bonchev–Trinajstić information content (AvgIpc) is 3.64. The Bertz CT molecular complexity index is 1700. The summed E-state index contributed by atoms with van der Waals surface area (Å²) in [6, 6.07) is 32.1. The van der Waals surface area contributed by atoms with Crippen LogP contribution >= 0.6 is 0 Å². The van der Waals surface area contributed by atoms with E-state index in [1.54, 1.807) is 0 Å². The first-order valence-corrected chi connectivity index (χ1v) is 18.0. The average molecular weight is 674 g/mol. The van der Waals surface area contributed by atoms with Crippen LogP contribution in [-0.4, -0.2) is 50.4 Å². The van der Waals surface area contributed by atoms with Gasteiger partial charge in [-0.25, -0.2) is 9.59 Å². The smallest absolute Gasteiger partial charge is 0.407 e. The number of alkyl carbamates (subject to hydrolysis) is 2. The van der Waals surface area contributed by atoms with Gasteiger partial charge in [0, 0.05) is 24.9 Å². The summed E-state index contributed by atoms with van der Waals surface area (Å²) in [4.78, 5) is 38.9. The van der Waals surface area contributed by atoms with E-state index in [0.29, 0.717) is 32.4 Å². The van der Waals surface area contributed by atoms with Gasteiger partial charge in [-0.05, 0) is 70.2 Å². The lowest BCUT2D eigenvalue weighted by Crippen LogP contribution is -2.47. The number of hydrogen-bond acceptors (Lipinski definition) is 5. The number of rotatable bonds is 16. The normalized spacial score (nSPS) is 13.4. The van der Waals surface area contributed by atoms with Crippen molar-refractivity contribution in [2.24, 2.45) is 0 Å². The van der Waals surface area contributed by atoms with Crippen LogP contribution in [0.15, 0.2) is 97.1 Å². The molecule has 0 bridgehead atoms. The van der Waals surface area contributed by atoms with E-state index < -0.39 is 18.2 Å². The van der Waals surface area contributed by atoms with Gasteiger partial charge in [0.25, 0.3) is 0 Å². The van der Waals surface area contributed by atoms with E-state index in [1.165, 1.54) is 22.3 Å². The molecule has 0 heterocycles. The van der Waals surface area contributed by atoms with Crippen molar-refractivity contribution in [3.63, 3.8) is 0 Å². The van der Waals surface area contributed by atoms with Gasteiger partial charge in [-0.15, -0.1) is 0 Å². The van der Waals surface area contributed by atoms with E-state index in [-0.39, 0.29) is 31.0 Å². The van der Waals surface area contributed by atoms with Gasteiger partial charge >= 0.3 is 12.2 Å². The number of nitrogens with one attached hydrogen (secondary N) is 3. The SMILES string of the molecule is CCCCCCNC(=O)C(CCCCNC(=O)OCC1c2ccccc2-c2ccccc21)NC(=O)OCC1c2ccccc2-c2ccccc21. The van der Waals surface area contributed by atoms with Gasteiger partial charge in [0.05, 0.1) is 0 Å². The molecule has 0 saturated carbocycles. The first kappa shape index (κ1) is 34.7. The zero-order chi connectivity index (χ0) is 34.7. The van der Waals surface area contributed by atoms with E-state index in [2.05, 4.69) is 71.4 Å². The monoisotopic (exact) mass is 673 g/mol. The third-order valence-corrected chi connectivity index (χ3v) is 9.81. The summed E-state index contributed by atoms with van der Waals surface area (Å²) in [5.74, 6) is -0.291. The molecule has 3 amide bonds. The highest BCUT2D eigenvalue weighted by Crippen LogP contribution is 2.45. The van der Waals surface area contributed by atoms with Crippen molar-refractivity contribution >= 4 is 18.1 Å². The van der Waals surface area contributed by atoms with Crippen molar-refractivity contribution in [1.82, 2.24) is 16.0 Å². The Morgan fingerprint density at radius 1 is 0.560 bits per heavy atom. The van der Waals surface area contributed by atoms with Crippen molar-refractivity contribution < 1.29 is 23.9 Å². The van der Waals surface area contributed by atoms with E-state index in [0.717, 1.165) is 47.9 Å². The number of unbranched alkanes of at least 4 members (excludes halogenated alkanes) is 4. The summed E-state index contributed by atoms with van der Waals surface area (Å²) in [7, 11) is 0. The molecule has 2 aliphatic carbocycles. The standard InChI is InChI=1S/C42H47N3O5/c1-2-3-4-14-25-43-40(46)39(45-42(48)50-28-38-35-22-11-7-18-31(35)32-19-8-12-23-36(32)38)24-13-15-26-44-41(47)49-27-37-33-20-9-5-16-29(33)30-17-6-10-21-34(30)37/h5-12,16-23,37-39H,2-4,13-15,24-28H2,1H3,(H,43,46)(H,44,47)(H,45,48). The zero-order valence-electron chi connectivity index (χ0n) is 28.8. The fourth-order valence-electron chi connectivity index (χ4n) is 7.25. The summed E-state index contributed by atoms with van der Waals surface area (Å²) in [5.41, 5.74) is 9.28. The molecule has 260 valence electrons. The molecule has 1 unspecified atom stereocenters. The Hall–Kier alpha value is -5.11. The molecular weight excluding hydrogens is 626 g/mol. The van der Waals surface area contributed by atoms with Crippen LogP contribution in [0, 0.1) is 0 Å². The molecule has 8 heteroatoms. The number of fused-ring (bicyclic) bond motifs is 6. The van der Waals surface area contributed by atoms with Gasteiger partial charge in [0.1, 0.15) is 19.3 Å². The maximum Gasteiger partial charge on any atom is 0.407 e. The summed E-state index contributed by atoms with van der Waals surface area (Å²) in [6.45, 7) is 3.53. The second-order valence-corrected chi connectivity index (χ2v) is 13.1. The maximum absolute atomic E-state index is 13.2. The Morgan fingerprint density at radius 3 is 1.50 bits per heavy atom. The van der Waals surface area contributed by atoms with E-state index in [9.17, 15) is 14.4 Å². The highest BCUT2D eigenvalue weighted by Gasteiger charge is 2.31. The first-order valence-electron chi connectivity index (χ1n) is 18.0. The Morgan fingerprint density at radius 2 is 1.00 bits per heavy atom. The Balaban J connectivity index is 0.971. The lowest BCUT2D eigenvalue weighted by atomic mass is 9.98. The maximum atomic E-state index is 13.2. The Labute approximate surface area is 295 Å². The van der Waals surface area contributed by atoms with Crippen molar-refractivity contribution in [3.8, 4) is 22.3 Å². The van der Waals surface area contributed by atoms with Crippen LogP contribution in [0.3, 0.4) is 0 Å². The molecule has 0 aromatic heterocycles. The molecule has 4 aromatic carbocycles. The van der Waals surface area contributed by atoms with Gasteiger partial charge < -0.3 is 25.4 Å². The number of carbonyl (C=O) groups excluding carboxylic acids is 3. The number of amides is 3. The molecule has 6 rings (SSSR count). The molecule has 8 nitrogen and oxygen atoms in total. The van der Waals surface area contributed by atoms with E-state index in [1.807, 2.05) is 48.5 Å². The molecule has 3 N–H and O–H groups in total. The quantitative estimate of drug-likeness (QED) is 0.104. The highest BCUT2D eigenvalue weighted by molar-refractivity contribution is 5.86. The van der Waals surface area contributed by atoms with E-state index >= 15 is 0 Å². The summed E-state index contributed by atoms with van der Waals surface area (Å²) in [6.07, 6.45) is 4.73. The second-order valence-electron chi connectivity index (χ2n) is 13.1. The molecule has 0 aliphatic heterocycles. The van der Waals surface area contributed by atoms with Crippen LogP contribution in [0.2, 0.25) is 0 Å². The van der Waals surface area contributed by atoms with Crippen LogP contribution in [0.1, 0.15) is 86.0 Å². The zero-order valence-corrected chi connectivity index (χ0v) is 28.8. The van der Waals surface area contributed by atoms with Crippen LogP contribution < -0.4 is 16.0 Å². The van der Waals surface area contributed by atoms with E-state index in [4.69, 9.17) is 9.47 Å². The molecule has 4 aromatic rings. The minimum atomic E-state index is -0.744. The van der Waals surface area contributed by atoms with Gasteiger partial charge in [0.2, 0.25) is 5.91 Å². The number of hydrogen-bond donors (Lipinski definition) is 3. The molecular formula is C42H47N3O5. The summed E-state index contributed by atoms with van der Waals surface area (Å²) < 4.78 is 11.4. The number of benzene rings is 4. The van der Waals surface area contributed by atoms with Crippen molar-refractivity contribution in [2.45, 2.75) is 69.7 Å². The summed E-state index contributed by atoms with van der Waals surface area (Å²) in [5, 5.41) is 8.66. The molecule has 2 aliphatic rings. The van der Waals surface area contributed by atoms with Crippen molar-refractivity contribution in [3.05, 3.63) is 119 Å². The predicted octanol–water partition coefficient (Wildman–Crippen LogP) is 8.30. The van der Waals surface area contributed by atoms with Gasteiger partial charge in [-0.2, -0.15) is 0 Å². The largest absolute Gasteiger partial charge is 0.449 e. The van der Waals surface area contributed by atoms with Crippen molar-refractivity contribution in [2.75, 3.05) is 26.3 Å². The molecule has 0 fully saturated rings. The molecule has 50 heavy (non-hydrogen) atoms. The second kappa shape index (κ2) is 17.0. The molecule has 1 atom stereocenters. The van der Waals surface area contributed by atoms with Crippen LogP contribution in [0.25, 0.3) is 22.3 Å². The third kappa shape index (κ3) is 8.19. The topological polar surface area (TPSA) is 106 Å². The Kier molecular flexibility index (Phi) is 11.8. The fraction of sp³-hybridized carbons (Fsp3) is 0.357. The lowest BCUT2D eigenvalue weighted by molar-refractivity contribution is -0.123. The van der Waals surface area contributed by atoms with Gasteiger partial charge in [-0.3, -0.25) is 4.79 Å². The predicted molar refractivity (Wildman–Crippen MR) is 196 cm³/mol. The number of ether oxygens (including phenoxy) is 2. The van der Waals surface area contributed by atoms with Crippen LogP contribution in [0.5, 0.6) is 0 Å². The minimum absolute atomic E-state index is 0.00150. The lowest BCUT2D eigenvalue weighted by Gasteiger charge is -2.20.